The molecule has 96 valence electrons. The first-order chi connectivity index (χ1) is 8.08. The van der Waals surface area contributed by atoms with Gasteiger partial charge in [-0.05, 0) is 18.9 Å². The lowest BCUT2D eigenvalue weighted by Crippen LogP contribution is -2.50. The molecule has 2 aliphatic heterocycles. The first-order valence-electron chi connectivity index (χ1n) is 6.33. The number of piperidine rings is 1. The van der Waals surface area contributed by atoms with Gasteiger partial charge in [-0.15, -0.1) is 0 Å². The van der Waals surface area contributed by atoms with Crippen LogP contribution in [0.1, 0.15) is 19.8 Å². The molecule has 2 N–H and O–H groups in total. The largest absolute Gasteiger partial charge is 0.351 e. The van der Waals surface area contributed by atoms with Crippen LogP contribution in [0.5, 0.6) is 0 Å². The Labute approximate surface area is 102 Å². The first-order valence-corrected chi connectivity index (χ1v) is 6.33. The molecular weight excluding hydrogens is 218 g/mol. The van der Waals surface area contributed by atoms with Gasteiger partial charge in [0, 0.05) is 32.6 Å². The van der Waals surface area contributed by atoms with E-state index < -0.39 is 0 Å². The molecule has 17 heavy (non-hydrogen) atoms. The Bertz CT molecular complexity index is 319. The predicted molar refractivity (Wildman–Crippen MR) is 64.3 cm³/mol. The number of nitrogens with zero attached hydrogens (tertiary/aromatic N) is 1. The van der Waals surface area contributed by atoms with Gasteiger partial charge in [-0.2, -0.15) is 0 Å². The third-order valence-corrected chi connectivity index (χ3v) is 3.83. The van der Waals surface area contributed by atoms with Crippen molar-refractivity contribution in [2.24, 2.45) is 11.8 Å². The smallest absolute Gasteiger partial charge is 0.224 e. The van der Waals surface area contributed by atoms with Gasteiger partial charge >= 0.3 is 0 Å². The average Bonchev–Trinajstić information content (AvgIpc) is 2.70. The molecule has 0 bridgehead atoms. The van der Waals surface area contributed by atoms with Gasteiger partial charge in [0.2, 0.25) is 11.8 Å². The molecule has 2 aliphatic rings. The molecule has 2 fully saturated rings. The Kier molecular flexibility index (Phi) is 3.66. The fraction of sp³-hybridized carbons (Fsp3) is 0.833. The van der Waals surface area contributed by atoms with E-state index in [9.17, 15) is 9.59 Å². The molecule has 2 rings (SSSR count). The van der Waals surface area contributed by atoms with Crippen LogP contribution in [0.15, 0.2) is 0 Å². The van der Waals surface area contributed by atoms with Crippen LogP contribution >= 0.6 is 0 Å². The maximum atomic E-state index is 12.1. The number of rotatable bonds is 2. The number of hydrogen-bond acceptors (Lipinski definition) is 3. The number of carbonyl (C=O) groups is 2. The van der Waals surface area contributed by atoms with Crippen molar-refractivity contribution < 1.29 is 9.59 Å². The van der Waals surface area contributed by atoms with Gasteiger partial charge in [-0.3, -0.25) is 9.59 Å². The van der Waals surface area contributed by atoms with Crippen molar-refractivity contribution in [1.29, 1.82) is 0 Å². The molecule has 0 aromatic carbocycles. The van der Waals surface area contributed by atoms with Gasteiger partial charge in [0.1, 0.15) is 0 Å². The molecule has 3 atom stereocenters. The van der Waals surface area contributed by atoms with E-state index in [0.29, 0.717) is 18.9 Å². The molecule has 0 aromatic rings. The molecule has 5 nitrogen and oxygen atoms in total. The zero-order chi connectivity index (χ0) is 12.4. The summed E-state index contributed by atoms with van der Waals surface area (Å²) in [7, 11) is 1.79. The minimum Gasteiger partial charge on any atom is -0.351 e. The monoisotopic (exact) mass is 239 g/mol. The van der Waals surface area contributed by atoms with Crippen molar-refractivity contribution in [3.8, 4) is 0 Å². The summed E-state index contributed by atoms with van der Waals surface area (Å²) in [5.74, 6) is 0.789. The van der Waals surface area contributed by atoms with E-state index in [4.69, 9.17) is 0 Å². The quantitative estimate of drug-likeness (QED) is 0.688. The molecule has 5 heteroatoms. The highest BCUT2D eigenvalue weighted by atomic mass is 16.2. The van der Waals surface area contributed by atoms with Crippen LogP contribution < -0.4 is 10.6 Å². The lowest BCUT2D eigenvalue weighted by molar-refractivity contribution is -0.134. The van der Waals surface area contributed by atoms with E-state index in [1.54, 1.807) is 11.9 Å². The molecular formula is C12H21N3O2. The lowest BCUT2D eigenvalue weighted by atomic mass is 9.96. The van der Waals surface area contributed by atoms with Crippen molar-refractivity contribution in [1.82, 2.24) is 15.5 Å². The summed E-state index contributed by atoms with van der Waals surface area (Å²) in [6.07, 6.45) is 1.31. The predicted octanol–water partition coefficient (Wildman–Crippen LogP) is -0.421. The number of likely N-dealkylation sites (tertiary alicyclic amines) is 1. The van der Waals surface area contributed by atoms with Crippen LogP contribution in [-0.4, -0.2) is 49.4 Å². The molecule has 0 aliphatic carbocycles. The summed E-state index contributed by atoms with van der Waals surface area (Å²) >= 11 is 0. The van der Waals surface area contributed by atoms with E-state index in [1.807, 2.05) is 0 Å². The highest BCUT2D eigenvalue weighted by Crippen LogP contribution is 2.17. The second-order valence-electron chi connectivity index (χ2n) is 5.26. The molecule has 0 spiro atoms. The highest BCUT2D eigenvalue weighted by molar-refractivity contribution is 5.81. The lowest BCUT2D eigenvalue weighted by Gasteiger charge is -2.31. The Morgan fingerprint density at radius 2 is 2.24 bits per heavy atom. The number of carbonyl (C=O) groups excluding carboxylic acids is 2. The summed E-state index contributed by atoms with van der Waals surface area (Å²) in [6, 6.07) is 0.123. The van der Waals surface area contributed by atoms with Crippen LogP contribution in [0.3, 0.4) is 0 Å². The highest BCUT2D eigenvalue weighted by Gasteiger charge is 2.32. The number of likely N-dealkylation sites (N-methyl/N-ethyl adjacent to an activating group) is 1. The Morgan fingerprint density at radius 1 is 1.47 bits per heavy atom. The second-order valence-corrected chi connectivity index (χ2v) is 5.26. The summed E-state index contributed by atoms with van der Waals surface area (Å²) in [5.41, 5.74) is 0. The SMILES string of the molecule is CC1CNCC1C(=O)NC1CCC(=O)N(C)C1. The van der Waals surface area contributed by atoms with Crippen molar-refractivity contribution in [3.05, 3.63) is 0 Å². The van der Waals surface area contributed by atoms with Crippen LogP contribution in [0.2, 0.25) is 0 Å². The van der Waals surface area contributed by atoms with Gasteiger partial charge in [0.15, 0.2) is 0 Å². The van der Waals surface area contributed by atoms with Crippen LogP contribution in [0.4, 0.5) is 0 Å². The van der Waals surface area contributed by atoms with E-state index in [0.717, 1.165) is 19.5 Å². The molecule has 2 heterocycles. The van der Waals surface area contributed by atoms with E-state index in [1.165, 1.54) is 0 Å². The summed E-state index contributed by atoms with van der Waals surface area (Å²) < 4.78 is 0. The summed E-state index contributed by atoms with van der Waals surface area (Å²) in [6.45, 7) is 4.43. The summed E-state index contributed by atoms with van der Waals surface area (Å²) in [4.78, 5) is 25.1. The second kappa shape index (κ2) is 5.04. The number of nitrogens with one attached hydrogen (secondary N) is 2. The van der Waals surface area contributed by atoms with Crippen LogP contribution in [-0.2, 0) is 9.59 Å². The minimum atomic E-state index is 0.0814. The first kappa shape index (κ1) is 12.4. The number of amides is 2. The molecule has 3 unspecified atom stereocenters. The average molecular weight is 239 g/mol. The van der Waals surface area contributed by atoms with E-state index in [2.05, 4.69) is 17.6 Å². The third kappa shape index (κ3) is 2.77. The normalized spacial score (nSPS) is 33.9. The minimum absolute atomic E-state index is 0.0814. The topological polar surface area (TPSA) is 61.4 Å². The maximum Gasteiger partial charge on any atom is 0.224 e. The third-order valence-electron chi connectivity index (χ3n) is 3.83. The Hall–Kier alpha value is -1.10. The van der Waals surface area contributed by atoms with Gasteiger partial charge in [-0.25, -0.2) is 0 Å². The van der Waals surface area contributed by atoms with E-state index >= 15 is 0 Å². The molecule has 0 radical (unpaired) electrons. The fourth-order valence-corrected chi connectivity index (χ4v) is 2.60. The molecule has 2 saturated heterocycles. The fourth-order valence-electron chi connectivity index (χ4n) is 2.60. The van der Waals surface area contributed by atoms with Crippen molar-refractivity contribution in [2.75, 3.05) is 26.7 Å². The zero-order valence-corrected chi connectivity index (χ0v) is 10.5. The Morgan fingerprint density at radius 3 is 2.82 bits per heavy atom. The molecule has 0 aromatic heterocycles. The van der Waals surface area contributed by atoms with Gasteiger partial charge in [0.05, 0.1) is 5.92 Å². The van der Waals surface area contributed by atoms with Crippen LogP contribution in [0.25, 0.3) is 0 Å². The number of hydrogen-bond donors (Lipinski definition) is 2. The van der Waals surface area contributed by atoms with Crippen molar-refractivity contribution in [3.63, 3.8) is 0 Å². The molecule has 2 amide bonds. The van der Waals surface area contributed by atoms with E-state index in [-0.39, 0.29) is 23.8 Å². The maximum absolute atomic E-state index is 12.1. The van der Waals surface area contributed by atoms with Gasteiger partial charge in [0.25, 0.3) is 0 Å². The Balaban J connectivity index is 1.84. The summed E-state index contributed by atoms with van der Waals surface area (Å²) in [5, 5.41) is 6.30. The zero-order valence-electron chi connectivity index (χ0n) is 10.5. The van der Waals surface area contributed by atoms with Crippen molar-refractivity contribution in [2.45, 2.75) is 25.8 Å². The van der Waals surface area contributed by atoms with Crippen LogP contribution in [0, 0.1) is 11.8 Å². The van der Waals surface area contributed by atoms with Gasteiger partial charge in [-0.1, -0.05) is 6.92 Å². The van der Waals surface area contributed by atoms with Gasteiger partial charge < -0.3 is 15.5 Å². The standard InChI is InChI=1S/C12H21N3O2/c1-8-5-13-6-10(8)12(17)14-9-3-4-11(16)15(2)7-9/h8-10,13H,3-7H2,1-2H3,(H,14,17). The molecule has 0 saturated carbocycles. The van der Waals surface area contributed by atoms with Crippen molar-refractivity contribution >= 4 is 11.8 Å².